The zero-order valence-corrected chi connectivity index (χ0v) is 20.4. The Morgan fingerprint density at radius 2 is 1.94 bits per heavy atom. The normalized spacial score (nSPS) is 10.8. The monoisotopic (exact) mass is 474 g/mol. The maximum absolute atomic E-state index is 12.3. The largest absolute Gasteiger partial charge is 0.493 e. The van der Waals surface area contributed by atoms with Gasteiger partial charge in [-0.15, -0.1) is 15.3 Å². The molecule has 1 aromatic carbocycles. The Labute approximate surface area is 197 Å². The van der Waals surface area contributed by atoms with Crippen LogP contribution >= 0.6 is 11.8 Å². The smallest absolute Gasteiger partial charge is 0.243 e. The van der Waals surface area contributed by atoms with Crippen LogP contribution in [0.2, 0.25) is 0 Å². The first-order chi connectivity index (χ1) is 16.0. The fourth-order valence-electron chi connectivity index (χ4n) is 3.20. The van der Waals surface area contributed by atoms with Gasteiger partial charge in [-0.3, -0.25) is 9.48 Å². The van der Waals surface area contributed by atoms with Gasteiger partial charge in [0.1, 0.15) is 5.56 Å². The highest BCUT2D eigenvalue weighted by Crippen LogP contribution is 2.30. The summed E-state index contributed by atoms with van der Waals surface area (Å²) >= 11 is 1.33. The summed E-state index contributed by atoms with van der Waals surface area (Å²) in [4.78, 5) is 12.3. The molecule has 3 aromatic rings. The number of amides is 1. The Kier molecular flexibility index (Phi) is 8.58. The number of ether oxygens (including phenoxy) is 3. The van der Waals surface area contributed by atoms with Gasteiger partial charge in [-0.05, 0) is 38.0 Å². The van der Waals surface area contributed by atoms with Gasteiger partial charge in [0, 0.05) is 26.3 Å². The van der Waals surface area contributed by atoms with Crippen LogP contribution < -0.4 is 19.5 Å². The van der Waals surface area contributed by atoms with Crippen molar-refractivity contribution < 1.29 is 19.0 Å². The minimum atomic E-state index is -0.0705. The molecule has 3 rings (SSSR count). The molecule has 11 heteroatoms. The van der Waals surface area contributed by atoms with E-state index >= 15 is 0 Å². The summed E-state index contributed by atoms with van der Waals surface area (Å²) in [5.74, 6) is 2.70. The lowest BCUT2D eigenvalue weighted by Crippen LogP contribution is -2.27. The molecule has 1 N–H and O–H groups in total. The van der Waals surface area contributed by atoms with E-state index in [2.05, 4.69) is 20.6 Å². The first kappa shape index (κ1) is 24.4. The first-order valence-electron chi connectivity index (χ1n) is 10.7. The number of nitrogens with one attached hydrogen (secondary N) is 1. The molecule has 33 heavy (non-hydrogen) atoms. The van der Waals surface area contributed by atoms with Gasteiger partial charge in [0.2, 0.25) is 11.8 Å². The van der Waals surface area contributed by atoms with Crippen molar-refractivity contribution in [3.8, 4) is 28.8 Å². The summed E-state index contributed by atoms with van der Waals surface area (Å²) in [5.41, 5.74) is 1.83. The van der Waals surface area contributed by atoms with Gasteiger partial charge >= 0.3 is 0 Å². The highest BCUT2D eigenvalue weighted by Gasteiger charge is 2.19. The second-order valence-corrected chi connectivity index (χ2v) is 8.02. The fraction of sp³-hybridized carbons (Fsp3) is 0.455. The number of rotatable bonds is 12. The van der Waals surface area contributed by atoms with E-state index in [1.54, 1.807) is 18.9 Å². The van der Waals surface area contributed by atoms with Crippen LogP contribution in [0.3, 0.4) is 0 Å². The molecule has 2 heterocycles. The van der Waals surface area contributed by atoms with Crippen LogP contribution in [-0.4, -0.2) is 63.6 Å². The van der Waals surface area contributed by atoms with E-state index < -0.39 is 0 Å². The molecule has 0 aliphatic rings. The van der Waals surface area contributed by atoms with Crippen molar-refractivity contribution >= 4 is 17.7 Å². The van der Waals surface area contributed by atoms with Crippen LogP contribution in [0.15, 0.2) is 29.6 Å². The van der Waals surface area contributed by atoms with Crippen LogP contribution in [-0.2, 0) is 24.8 Å². The van der Waals surface area contributed by atoms with Crippen LogP contribution in [0.5, 0.6) is 17.4 Å². The van der Waals surface area contributed by atoms with Crippen molar-refractivity contribution in [3.63, 3.8) is 0 Å². The third-order valence-electron chi connectivity index (χ3n) is 4.92. The summed E-state index contributed by atoms with van der Waals surface area (Å²) in [6.45, 7) is 5.68. The van der Waals surface area contributed by atoms with Crippen molar-refractivity contribution in [1.82, 2.24) is 29.9 Å². The minimum absolute atomic E-state index is 0.0705. The second-order valence-electron chi connectivity index (χ2n) is 7.08. The summed E-state index contributed by atoms with van der Waals surface area (Å²) in [7, 11) is 5.07. The van der Waals surface area contributed by atoms with Gasteiger partial charge in [-0.25, -0.2) is 0 Å². The number of aromatic nitrogens is 5. The van der Waals surface area contributed by atoms with Crippen LogP contribution in [0.4, 0.5) is 0 Å². The number of hydrogen-bond acceptors (Lipinski definition) is 8. The molecule has 0 saturated heterocycles. The van der Waals surface area contributed by atoms with E-state index in [9.17, 15) is 4.79 Å². The van der Waals surface area contributed by atoms with Crippen molar-refractivity contribution in [2.75, 3.05) is 33.1 Å². The molecule has 2 aromatic heterocycles. The Balaban J connectivity index is 1.54. The highest BCUT2D eigenvalue weighted by atomic mass is 32.2. The van der Waals surface area contributed by atoms with Crippen LogP contribution in [0, 0.1) is 0 Å². The second kappa shape index (κ2) is 11.6. The van der Waals surface area contributed by atoms with Gasteiger partial charge in [0.05, 0.1) is 26.6 Å². The average molecular weight is 475 g/mol. The molecule has 0 bridgehead atoms. The molecule has 178 valence electrons. The van der Waals surface area contributed by atoms with Gasteiger partial charge < -0.3 is 24.1 Å². The number of benzene rings is 1. The van der Waals surface area contributed by atoms with Crippen molar-refractivity contribution in [2.24, 2.45) is 7.05 Å². The lowest BCUT2D eigenvalue weighted by molar-refractivity contribution is -0.118. The lowest BCUT2D eigenvalue weighted by atomic mass is 10.1. The fourth-order valence-corrected chi connectivity index (χ4v) is 3.94. The molecule has 0 radical (unpaired) electrons. The number of methoxy groups -OCH3 is 2. The quantitative estimate of drug-likeness (QED) is 0.399. The van der Waals surface area contributed by atoms with Gasteiger partial charge in [0.25, 0.3) is 0 Å². The Bertz CT molecular complexity index is 1080. The minimum Gasteiger partial charge on any atom is -0.493 e. The SMILES string of the molecule is CCOc1nn(CC)cc1-c1nnc(SCC(=O)NCCc2ccc(OC)c(OC)c2)n1C. The molecule has 10 nitrogen and oxygen atoms in total. The predicted molar refractivity (Wildman–Crippen MR) is 126 cm³/mol. The highest BCUT2D eigenvalue weighted by molar-refractivity contribution is 7.99. The maximum Gasteiger partial charge on any atom is 0.243 e. The molecule has 0 atom stereocenters. The number of hydrogen-bond donors (Lipinski definition) is 1. The van der Waals surface area contributed by atoms with Crippen molar-refractivity contribution in [1.29, 1.82) is 0 Å². The molecule has 0 spiro atoms. The van der Waals surface area contributed by atoms with Crippen molar-refractivity contribution in [2.45, 2.75) is 32.0 Å². The van der Waals surface area contributed by atoms with Gasteiger partial charge in [0.15, 0.2) is 22.5 Å². The molecular weight excluding hydrogens is 444 g/mol. The predicted octanol–water partition coefficient (Wildman–Crippen LogP) is 2.57. The number of carbonyl (C=O) groups excluding carboxylic acids is 1. The molecule has 0 saturated carbocycles. The van der Waals surface area contributed by atoms with Crippen LogP contribution in [0.25, 0.3) is 11.4 Å². The zero-order valence-electron chi connectivity index (χ0n) is 19.6. The van der Waals surface area contributed by atoms with Crippen LogP contribution in [0.1, 0.15) is 19.4 Å². The average Bonchev–Trinajstić information content (AvgIpc) is 3.40. The summed E-state index contributed by atoms with van der Waals surface area (Å²) in [6, 6.07) is 5.73. The van der Waals surface area contributed by atoms with E-state index in [-0.39, 0.29) is 11.7 Å². The zero-order chi connectivity index (χ0) is 23.8. The topological polar surface area (TPSA) is 105 Å². The number of thioether (sulfide) groups is 1. The third kappa shape index (κ3) is 5.98. The first-order valence-corrected chi connectivity index (χ1v) is 11.7. The Hall–Kier alpha value is -3.21. The molecule has 1 amide bonds. The molecule has 0 fully saturated rings. The summed E-state index contributed by atoms with van der Waals surface area (Å²) in [6.07, 6.45) is 2.58. The van der Waals surface area contributed by atoms with Crippen molar-refractivity contribution in [3.05, 3.63) is 30.0 Å². The lowest BCUT2D eigenvalue weighted by Gasteiger charge is -2.10. The van der Waals surface area contributed by atoms with E-state index in [1.807, 2.05) is 49.9 Å². The molecular formula is C22H30N6O4S. The number of carbonyl (C=O) groups is 1. The summed E-state index contributed by atoms with van der Waals surface area (Å²) in [5, 5.41) is 16.5. The Morgan fingerprint density at radius 1 is 1.15 bits per heavy atom. The molecule has 0 unspecified atom stereocenters. The molecule has 0 aliphatic heterocycles. The van der Waals surface area contributed by atoms with Gasteiger partial charge in [-0.1, -0.05) is 17.8 Å². The number of aryl methyl sites for hydroxylation is 1. The summed E-state index contributed by atoms with van der Waals surface area (Å²) < 4.78 is 19.9. The molecule has 0 aliphatic carbocycles. The van der Waals surface area contributed by atoms with Gasteiger partial charge in [-0.2, -0.15) is 0 Å². The Morgan fingerprint density at radius 3 is 2.64 bits per heavy atom. The number of nitrogens with zero attached hydrogens (tertiary/aromatic N) is 5. The van der Waals surface area contributed by atoms with E-state index in [4.69, 9.17) is 14.2 Å². The van der Waals surface area contributed by atoms with E-state index in [0.717, 1.165) is 17.7 Å². The van der Waals surface area contributed by atoms with E-state index in [0.29, 0.717) is 47.9 Å². The third-order valence-corrected chi connectivity index (χ3v) is 5.95. The van der Waals surface area contributed by atoms with E-state index in [1.165, 1.54) is 11.8 Å². The maximum atomic E-state index is 12.3. The standard InChI is InChI=1S/C22H30N6O4S/c1-6-28-13-16(21(26-28)32-7-2)20-24-25-22(27(20)3)33-14-19(29)23-11-10-15-8-9-17(30-4)18(12-15)31-5/h8-9,12-13H,6-7,10-11,14H2,1-5H3,(H,23,29).